The Bertz CT molecular complexity index is 390. The van der Waals surface area contributed by atoms with Gasteiger partial charge in [0.05, 0.1) is 0 Å². The first kappa shape index (κ1) is 13.2. The van der Waals surface area contributed by atoms with Crippen molar-refractivity contribution in [3.63, 3.8) is 0 Å². The quantitative estimate of drug-likeness (QED) is 0.556. The van der Waals surface area contributed by atoms with Gasteiger partial charge in [-0.15, -0.1) is 0 Å². The Morgan fingerprint density at radius 2 is 1.94 bits per heavy atom. The summed E-state index contributed by atoms with van der Waals surface area (Å²) in [6.45, 7) is 5.50. The van der Waals surface area contributed by atoms with Crippen molar-refractivity contribution in [3.05, 3.63) is 36.6 Å². The highest BCUT2D eigenvalue weighted by atomic mass is 16.2. The number of hydrogen-bond donors (Lipinski definition) is 2. The largest absolute Gasteiger partial charge is 0.358 e. The molecule has 0 aromatic heterocycles. The summed E-state index contributed by atoms with van der Waals surface area (Å²) in [5, 5.41) is 5.24. The summed E-state index contributed by atoms with van der Waals surface area (Å²) in [4.78, 5) is 23.6. The maximum absolute atomic E-state index is 12.0. The average Bonchev–Trinajstić information content (AvgIpc) is 3.14. The Labute approximate surface area is 101 Å². The minimum absolute atomic E-state index is 0.218. The van der Waals surface area contributed by atoms with Crippen molar-refractivity contribution in [1.82, 2.24) is 10.6 Å². The minimum Gasteiger partial charge on any atom is -0.358 e. The van der Waals surface area contributed by atoms with Crippen molar-refractivity contribution in [2.24, 2.45) is 5.41 Å². The Kier molecular flexibility index (Phi) is 4.26. The second-order valence-electron chi connectivity index (χ2n) is 3.97. The van der Waals surface area contributed by atoms with E-state index in [9.17, 15) is 9.59 Å². The highest BCUT2D eigenvalue weighted by molar-refractivity contribution is 6.08. The van der Waals surface area contributed by atoms with Gasteiger partial charge in [-0.1, -0.05) is 18.7 Å². The Morgan fingerprint density at radius 3 is 2.35 bits per heavy atom. The molecular formula is C13H18N2O2. The molecule has 0 aromatic carbocycles. The van der Waals surface area contributed by atoms with Crippen LogP contribution >= 0.6 is 0 Å². The van der Waals surface area contributed by atoms with E-state index in [0.29, 0.717) is 18.5 Å². The molecule has 0 aromatic rings. The van der Waals surface area contributed by atoms with Crippen molar-refractivity contribution in [3.8, 4) is 0 Å². The molecule has 0 saturated heterocycles. The van der Waals surface area contributed by atoms with Crippen LogP contribution in [0.15, 0.2) is 36.6 Å². The fourth-order valence-corrected chi connectivity index (χ4v) is 1.53. The molecular weight excluding hydrogens is 216 g/mol. The first-order valence-corrected chi connectivity index (χ1v) is 5.59. The Morgan fingerprint density at radius 1 is 1.29 bits per heavy atom. The first-order chi connectivity index (χ1) is 8.10. The summed E-state index contributed by atoms with van der Waals surface area (Å²) in [5.74, 6) is -0.475. The van der Waals surface area contributed by atoms with Crippen molar-refractivity contribution >= 4 is 11.8 Å². The van der Waals surface area contributed by atoms with E-state index in [-0.39, 0.29) is 11.8 Å². The molecule has 17 heavy (non-hydrogen) atoms. The third kappa shape index (κ3) is 2.84. The van der Waals surface area contributed by atoms with Gasteiger partial charge >= 0.3 is 0 Å². The maximum Gasteiger partial charge on any atom is 0.240 e. The molecule has 4 heteroatoms. The SMILES string of the molecule is C=C/C(=C\C=C/C)NC(=O)C1(C(=O)NC)CC1. The van der Waals surface area contributed by atoms with Crippen LogP contribution in [-0.4, -0.2) is 18.9 Å². The van der Waals surface area contributed by atoms with Gasteiger partial charge in [0, 0.05) is 12.7 Å². The number of amides is 2. The average molecular weight is 234 g/mol. The van der Waals surface area contributed by atoms with Gasteiger partial charge in [-0.2, -0.15) is 0 Å². The molecule has 1 saturated carbocycles. The molecule has 1 fully saturated rings. The van der Waals surface area contributed by atoms with Gasteiger partial charge in [-0.3, -0.25) is 9.59 Å². The lowest BCUT2D eigenvalue weighted by Crippen LogP contribution is -2.41. The topological polar surface area (TPSA) is 58.2 Å². The van der Waals surface area contributed by atoms with Gasteiger partial charge in [0.15, 0.2) is 0 Å². The molecule has 0 bridgehead atoms. The predicted molar refractivity (Wildman–Crippen MR) is 67.0 cm³/mol. The molecule has 2 N–H and O–H groups in total. The molecule has 0 spiro atoms. The molecule has 4 nitrogen and oxygen atoms in total. The van der Waals surface area contributed by atoms with Crippen molar-refractivity contribution in [2.75, 3.05) is 7.05 Å². The molecule has 0 radical (unpaired) electrons. The molecule has 1 aliphatic rings. The van der Waals surface area contributed by atoms with Crippen LogP contribution in [0.1, 0.15) is 19.8 Å². The number of allylic oxidation sites excluding steroid dienone is 4. The van der Waals surface area contributed by atoms with Gasteiger partial charge < -0.3 is 10.6 Å². The molecule has 2 amide bonds. The van der Waals surface area contributed by atoms with Crippen molar-refractivity contribution < 1.29 is 9.59 Å². The van der Waals surface area contributed by atoms with Gasteiger partial charge in [0.25, 0.3) is 0 Å². The van der Waals surface area contributed by atoms with Crippen LogP contribution < -0.4 is 10.6 Å². The van der Waals surface area contributed by atoms with Crippen molar-refractivity contribution in [2.45, 2.75) is 19.8 Å². The molecule has 92 valence electrons. The van der Waals surface area contributed by atoms with E-state index in [1.54, 1.807) is 25.3 Å². The standard InChI is InChI=1S/C13H18N2O2/c1-4-6-7-10(5-2)15-12(17)13(8-9-13)11(16)14-3/h4-7H,2,8-9H2,1,3H3,(H,14,16)(H,15,17)/b6-4-,10-7+. The third-order valence-electron chi connectivity index (χ3n) is 2.79. The number of rotatable bonds is 5. The van der Waals surface area contributed by atoms with Crippen LogP contribution in [0.25, 0.3) is 0 Å². The van der Waals surface area contributed by atoms with E-state index in [2.05, 4.69) is 17.2 Å². The zero-order valence-corrected chi connectivity index (χ0v) is 10.2. The summed E-state index contributed by atoms with van der Waals surface area (Å²) in [5.41, 5.74) is -0.268. The molecule has 0 unspecified atom stereocenters. The van der Waals surface area contributed by atoms with Crippen LogP contribution in [0.4, 0.5) is 0 Å². The lowest BCUT2D eigenvalue weighted by Gasteiger charge is -2.13. The molecule has 0 heterocycles. The monoisotopic (exact) mass is 234 g/mol. The second-order valence-corrected chi connectivity index (χ2v) is 3.97. The second kappa shape index (κ2) is 5.48. The summed E-state index contributed by atoms with van der Waals surface area (Å²) >= 11 is 0. The van der Waals surface area contributed by atoms with Crippen LogP contribution in [0.3, 0.4) is 0 Å². The van der Waals surface area contributed by atoms with E-state index in [4.69, 9.17) is 0 Å². The fraction of sp³-hybridized carbons (Fsp3) is 0.385. The molecule has 1 rings (SSSR count). The van der Waals surface area contributed by atoms with E-state index in [1.165, 1.54) is 0 Å². The van der Waals surface area contributed by atoms with Gasteiger partial charge in [0.1, 0.15) is 5.41 Å². The third-order valence-corrected chi connectivity index (χ3v) is 2.79. The highest BCUT2D eigenvalue weighted by Crippen LogP contribution is 2.46. The maximum atomic E-state index is 12.0. The van der Waals surface area contributed by atoms with Crippen LogP contribution in [0.2, 0.25) is 0 Å². The fourth-order valence-electron chi connectivity index (χ4n) is 1.53. The number of carbonyl (C=O) groups excluding carboxylic acids is 2. The first-order valence-electron chi connectivity index (χ1n) is 5.59. The zero-order valence-electron chi connectivity index (χ0n) is 10.2. The molecule has 0 atom stereocenters. The van der Waals surface area contributed by atoms with Gasteiger partial charge in [0.2, 0.25) is 11.8 Å². The van der Waals surface area contributed by atoms with Gasteiger partial charge in [-0.25, -0.2) is 0 Å². The molecule has 1 aliphatic carbocycles. The minimum atomic E-state index is -0.868. The van der Waals surface area contributed by atoms with Crippen molar-refractivity contribution in [1.29, 1.82) is 0 Å². The summed E-state index contributed by atoms with van der Waals surface area (Å²) in [7, 11) is 1.54. The van der Waals surface area contributed by atoms with E-state index in [1.807, 2.05) is 13.0 Å². The lowest BCUT2D eigenvalue weighted by atomic mass is 10.1. The smallest absolute Gasteiger partial charge is 0.240 e. The zero-order chi connectivity index (χ0) is 12.9. The normalized spacial score (nSPS) is 17.6. The van der Waals surface area contributed by atoms with Crippen LogP contribution in [-0.2, 0) is 9.59 Å². The summed E-state index contributed by atoms with van der Waals surface area (Å²) in [6.07, 6.45) is 8.15. The number of hydrogen-bond acceptors (Lipinski definition) is 2. The van der Waals surface area contributed by atoms with E-state index in [0.717, 1.165) is 0 Å². The summed E-state index contributed by atoms with van der Waals surface area (Å²) < 4.78 is 0. The Hall–Kier alpha value is -1.84. The van der Waals surface area contributed by atoms with E-state index < -0.39 is 5.41 Å². The van der Waals surface area contributed by atoms with Crippen LogP contribution in [0.5, 0.6) is 0 Å². The Balaban J connectivity index is 2.72. The number of carbonyl (C=O) groups is 2. The lowest BCUT2D eigenvalue weighted by molar-refractivity contribution is -0.136. The highest BCUT2D eigenvalue weighted by Gasteiger charge is 2.56. The van der Waals surface area contributed by atoms with E-state index >= 15 is 0 Å². The molecule has 0 aliphatic heterocycles. The van der Waals surface area contributed by atoms with Crippen LogP contribution in [0, 0.1) is 5.41 Å². The predicted octanol–water partition coefficient (Wildman–Crippen LogP) is 1.27. The van der Waals surface area contributed by atoms with Gasteiger partial charge in [-0.05, 0) is 31.9 Å². The summed E-state index contributed by atoms with van der Waals surface area (Å²) in [6, 6.07) is 0. The number of nitrogens with one attached hydrogen (secondary N) is 2.